The summed E-state index contributed by atoms with van der Waals surface area (Å²) >= 11 is 5.00. The molecule has 16 heavy (non-hydrogen) atoms. The van der Waals surface area contributed by atoms with Crippen LogP contribution in [0.15, 0.2) is 22.1 Å². The molecular weight excluding hydrogens is 292 g/mol. The van der Waals surface area contributed by atoms with Crippen LogP contribution in [0.3, 0.4) is 0 Å². The van der Waals surface area contributed by atoms with Gasteiger partial charge in [-0.05, 0) is 28.1 Å². The number of H-pyrrole nitrogens is 1. The lowest BCUT2D eigenvalue weighted by Gasteiger charge is -1.98. The van der Waals surface area contributed by atoms with E-state index in [2.05, 4.69) is 26.1 Å². The summed E-state index contributed by atoms with van der Waals surface area (Å²) in [5, 5.41) is 15.4. The van der Waals surface area contributed by atoms with Crippen LogP contribution in [0.2, 0.25) is 0 Å². The van der Waals surface area contributed by atoms with E-state index in [0.29, 0.717) is 6.42 Å². The summed E-state index contributed by atoms with van der Waals surface area (Å²) < 4.78 is 1.05. The summed E-state index contributed by atoms with van der Waals surface area (Å²) in [7, 11) is 0. The molecule has 0 aromatic carbocycles. The molecule has 4 nitrogen and oxygen atoms in total. The summed E-state index contributed by atoms with van der Waals surface area (Å²) in [4.78, 5) is 11.6. The molecule has 0 spiro atoms. The van der Waals surface area contributed by atoms with Crippen molar-refractivity contribution in [2.24, 2.45) is 0 Å². The highest BCUT2D eigenvalue weighted by Gasteiger charge is 2.10. The van der Waals surface area contributed by atoms with Crippen LogP contribution in [-0.4, -0.2) is 21.3 Å². The summed E-state index contributed by atoms with van der Waals surface area (Å²) in [6.45, 7) is 0. The van der Waals surface area contributed by atoms with Crippen LogP contribution in [0.4, 0.5) is 0 Å². The first-order valence-electron chi connectivity index (χ1n) is 4.66. The smallest absolute Gasteiger partial charge is 0.303 e. The Kier molecular flexibility index (Phi) is 3.40. The standard InChI is InChI=1S/C10H9BrN2O2S/c11-9-3-2-8(16-9)6-5-12-13-7(6)1-4-10(14)15/h2-3,5H,1,4H2,(H,12,13)(H,14,15). The fraction of sp³-hybridized carbons (Fsp3) is 0.200. The van der Waals surface area contributed by atoms with Gasteiger partial charge in [0.25, 0.3) is 0 Å². The minimum absolute atomic E-state index is 0.113. The largest absolute Gasteiger partial charge is 0.481 e. The quantitative estimate of drug-likeness (QED) is 0.912. The molecule has 84 valence electrons. The Balaban J connectivity index is 2.22. The number of nitrogens with zero attached hydrogens (tertiary/aromatic N) is 1. The van der Waals surface area contributed by atoms with E-state index in [9.17, 15) is 4.79 Å². The fourth-order valence-corrected chi connectivity index (χ4v) is 2.83. The van der Waals surface area contributed by atoms with Gasteiger partial charge in [-0.2, -0.15) is 5.10 Å². The number of aromatic amines is 1. The van der Waals surface area contributed by atoms with Crippen molar-refractivity contribution < 1.29 is 9.90 Å². The molecule has 2 aromatic rings. The molecule has 0 bridgehead atoms. The molecule has 0 saturated carbocycles. The van der Waals surface area contributed by atoms with Gasteiger partial charge in [0.1, 0.15) is 0 Å². The highest BCUT2D eigenvalue weighted by Crippen LogP contribution is 2.32. The van der Waals surface area contributed by atoms with E-state index < -0.39 is 5.97 Å². The van der Waals surface area contributed by atoms with E-state index in [4.69, 9.17) is 5.11 Å². The van der Waals surface area contributed by atoms with Crippen LogP contribution < -0.4 is 0 Å². The first-order chi connectivity index (χ1) is 7.66. The summed E-state index contributed by atoms with van der Waals surface area (Å²) in [6.07, 6.45) is 2.32. The van der Waals surface area contributed by atoms with Gasteiger partial charge in [0.05, 0.1) is 16.4 Å². The monoisotopic (exact) mass is 300 g/mol. The van der Waals surface area contributed by atoms with Crippen LogP contribution in [0.5, 0.6) is 0 Å². The number of halogens is 1. The lowest BCUT2D eigenvalue weighted by Crippen LogP contribution is -1.98. The Hall–Kier alpha value is -1.14. The van der Waals surface area contributed by atoms with E-state index in [1.54, 1.807) is 17.5 Å². The van der Waals surface area contributed by atoms with Crippen molar-refractivity contribution in [3.05, 3.63) is 27.8 Å². The molecular formula is C10H9BrN2O2S. The van der Waals surface area contributed by atoms with Crippen molar-refractivity contribution in [2.75, 3.05) is 0 Å². The van der Waals surface area contributed by atoms with Gasteiger partial charge in [0.15, 0.2) is 0 Å². The third kappa shape index (κ3) is 2.51. The van der Waals surface area contributed by atoms with Gasteiger partial charge in [-0.25, -0.2) is 0 Å². The minimum Gasteiger partial charge on any atom is -0.481 e. The van der Waals surface area contributed by atoms with Crippen molar-refractivity contribution >= 4 is 33.2 Å². The normalized spacial score (nSPS) is 10.6. The number of aliphatic carboxylic acids is 1. The zero-order valence-electron chi connectivity index (χ0n) is 8.24. The second-order valence-electron chi connectivity index (χ2n) is 3.26. The van der Waals surface area contributed by atoms with Gasteiger partial charge in [-0.3, -0.25) is 9.89 Å². The molecule has 0 aliphatic rings. The van der Waals surface area contributed by atoms with Gasteiger partial charge in [0.2, 0.25) is 0 Å². The average molecular weight is 301 g/mol. The molecule has 0 radical (unpaired) electrons. The predicted molar refractivity (Wildman–Crippen MR) is 65.6 cm³/mol. The van der Waals surface area contributed by atoms with Crippen molar-refractivity contribution in [1.29, 1.82) is 0 Å². The van der Waals surface area contributed by atoms with E-state index in [-0.39, 0.29) is 6.42 Å². The number of hydrogen-bond donors (Lipinski definition) is 2. The average Bonchev–Trinajstić information content (AvgIpc) is 2.82. The number of carbonyl (C=O) groups is 1. The number of rotatable bonds is 4. The summed E-state index contributed by atoms with van der Waals surface area (Å²) in [6, 6.07) is 3.96. The summed E-state index contributed by atoms with van der Waals surface area (Å²) in [5.41, 5.74) is 1.86. The topological polar surface area (TPSA) is 66.0 Å². The Morgan fingerprint density at radius 3 is 3.00 bits per heavy atom. The first kappa shape index (κ1) is 11.3. The highest BCUT2D eigenvalue weighted by molar-refractivity contribution is 9.11. The predicted octanol–water partition coefficient (Wildman–Crippen LogP) is 2.92. The molecule has 0 unspecified atom stereocenters. The van der Waals surface area contributed by atoms with E-state index in [0.717, 1.165) is 19.9 Å². The minimum atomic E-state index is -0.798. The fourth-order valence-electron chi connectivity index (χ4n) is 1.41. The molecule has 2 heterocycles. The number of aryl methyl sites for hydroxylation is 1. The van der Waals surface area contributed by atoms with Gasteiger partial charge in [-0.15, -0.1) is 11.3 Å². The Morgan fingerprint density at radius 1 is 1.56 bits per heavy atom. The van der Waals surface area contributed by atoms with Crippen molar-refractivity contribution in [3.63, 3.8) is 0 Å². The number of carboxylic acids is 1. The summed E-state index contributed by atoms with van der Waals surface area (Å²) in [5.74, 6) is -0.798. The van der Waals surface area contributed by atoms with Crippen LogP contribution in [-0.2, 0) is 11.2 Å². The number of aromatic nitrogens is 2. The number of thiophene rings is 1. The van der Waals surface area contributed by atoms with Gasteiger partial charge < -0.3 is 5.11 Å². The molecule has 0 aliphatic heterocycles. The molecule has 0 atom stereocenters. The molecule has 2 rings (SSSR count). The van der Waals surface area contributed by atoms with Crippen molar-refractivity contribution in [1.82, 2.24) is 10.2 Å². The molecule has 2 N–H and O–H groups in total. The maximum Gasteiger partial charge on any atom is 0.303 e. The lowest BCUT2D eigenvalue weighted by atomic mass is 10.1. The molecule has 6 heteroatoms. The number of hydrogen-bond acceptors (Lipinski definition) is 3. The van der Waals surface area contributed by atoms with Crippen LogP contribution in [0.25, 0.3) is 10.4 Å². The van der Waals surface area contributed by atoms with Crippen molar-refractivity contribution in [3.8, 4) is 10.4 Å². The second-order valence-corrected chi connectivity index (χ2v) is 5.72. The SMILES string of the molecule is O=C(O)CCc1[nH]ncc1-c1ccc(Br)s1. The van der Waals surface area contributed by atoms with Gasteiger partial charge in [-0.1, -0.05) is 0 Å². The van der Waals surface area contributed by atoms with Gasteiger partial charge >= 0.3 is 5.97 Å². The zero-order chi connectivity index (χ0) is 11.5. The maximum absolute atomic E-state index is 10.5. The Morgan fingerprint density at radius 2 is 2.38 bits per heavy atom. The number of carboxylic acid groups (broad SMARTS) is 1. The zero-order valence-corrected chi connectivity index (χ0v) is 10.6. The Bertz CT molecular complexity index is 506. The second kappa shape index (κ2) is 4.80. The van der Waals surface area contributed by atoms with E-state index >= 15 is 0 Å². The van der Waals surface area contributed by atoms with Gasteiger partial charge in [0, 0.05) is 22.6 Å². The molecule has 0 fully saturated rings. The molecule has 0 amide bonds. The first-order valence-corrected chi connectivity index (χ1v) is 6.27. The maximum atomic E-state index is 10.5. The lowest BCUT2D eigenvalue weighted by molar-refractivity contribution is -0.136. The van der Waals surface area contributed by atoms with Crippen molar-refractivity contribution in [2.45, 2.75) is 12.8 Å². The van der Waals surface area contributed by atoms with Crippen LogP contribution >= 0.6 is 27.3 Å². The molecule has 2 aromatic heterocycles. The molecule has 0 saturated heterocycles. The van der Waals surface area contributed by atoms with E-state index in [1.807, 2.05) is 12.1 Å². The number of nitrogens with one attached hydrogen (secondary N) is 1. The molecule has 0 aliphatic carbocycles. The third-order valence-electron chi connectivity index (χ3n) is 2.15. The third-order valence-corrected chi connectivity index (χ3v) is 3.80. The highest BCUT2D eigenvalue weighted by atomic mass is 79.9. The van der Waals surface area contributed by atoms with Crippen LogP contribution in [0.1, 0.15) is 12.1 Å². The van der Waals surface area contributed by atoms with Crippen LogP contribution in [0, 0.1) is 0 Å². The van der Waals surface area contributed by atoms with E-state index in [1.165, 1.54) is 0 Å². The Labute approximate surface area is 104 Å².